The first-order valence-corrected chi connectivity index (χ1v) is 9.57. The molecule has 4 rings (SSSR count). The Hall–Kier alpha value is -3.42. The van der Waals surface area contributed by atoms with Crippen molar-refractivity contribution in [1.82, 2.24) is 0 Å². The maximum atomic E-state index is 13.3. The molecular formula is C22H21NO7. The van der Waals surface area contributed by atoms with Gasteiger partial charge in [0.2, 0.25) is 11.6 Å². The molecule has 2 saturated carbocycles. The van der Waals surface area contributed by atoms with E-state index in [1.165, 1.54) is 0 Å². The molecule has 2 fully saturated rings. The Bertz CT molecular complexity index is 1110. The van der Waals surface area contributed by atoms with Crippen LogP contribution in [0.15, 0.2) is 23.5 Å². The zero-order valence-electron chi connectivity index (χ0n) is 16.7. The maximum Gasteiger partial charge on any atom is 0.235 e. The summed E-state index contributed by atoms with van der Waals surface area (Å²) in [7, 11) is 3.63. The van der Waals surface area contributed by atoms with Gasteiger partial charge < -0.3 is 20.2 Å². The van der Waals surface area contributed by atoms with Crippen molar-refractivity contribution in [3.8, 4) is 5.75 Å². The lowest BCUT2D eigenvalue weighted by Gasteiger charge is -2.40. The van der Waals surface area contributed by atoms with Gasteiger partial charge in [-0.15, -0.1) is 0 Å². The van der Waals surface area contributed by atoms with Crippen molar-refractivity contribution in [2.75, 3.05) is 19.0 Å². The molecule has 1 aromatic carbocycles. The highest BCUT2D eigenvalue weighted by molar-refractivity contribution is 6.54. The lowest BCUT2D eigenvalue weighted by molar-refractivity contribution is -0.148. The normalized spacial score (nSPS) is 27.2. The number of carbonyl (C=O) groups is 4. The predicted molar refractivity (Wildman–Crippen MR) is 106 cm³/mol. The van der Waals surface area contributed by atoms with Gasteiger partial charge in [0, 0.05) is 31.3 Å². The number of ketones is 4. The number of aryl methyl sites for hydroxylation is 1. The van der Waals surface area contributed by atoms with Crippen molar-refractivity contribution in [2.45, 2.75) is 19.8 Å². The van der Waals surface area contributed by atoms with Crippen LogP contribution in [-0.4, -0.2) is 52.5 Å². The number of carbonyl (C=O) groups excluding carboxylic acids is 4. The molecule has 0 aromatic heterocycles. The number of aromatic hydroxyl groups is 1. The number of Topliss-reactive ketones (excluding diaryl/α,β-unsaturated/α-hetero) is 4. The second-order valence-corrected chi connectivity index (χ2v) is 8.26. The second-order valence-electron chi connectivity index (χ2n) is 8.26. The molecule has 3 N–H and O–H groups in total. The molecule has 3 atom stereocenters. The van der Waals surface area contributed by atoms with Crippen molar-refractivity contribution in [1.29, 1.82) is 0 Å². The van der Waals surface area contributed by atoms with E-state index in [0.29, 0.717) is 11.1 Å². The topological polar surface area (TPSA) is 132 Å². The summed E-state index contributed by atoms with van der Waals surface area (Å²) < 4.78 is 0. The number of hydrogen-bond acceptors (Lipinski definition) is 8. The third kappa shape index (κ3) is 2.46. The van der Waals surface area contributed by atoms with Crippen LogP contribution in [0, 0.1) is 24.7 Å². The highest BCUT2D eigenvalue weighted by Crippen LogP contribution is 2.50. The molecule has 30 heavy (non-hydrogen) atoms. The van der Waals surface area contributed by atoms with Crippen LogP contribution in [0.1, 0.15) is 23.1 Å². The first-order valence-electron chi connectivity index (χ1n) is 9.57. The Labute approximate surface area is 172 Å². The minimum absolute atomic E-state index is 0.0119. The van der Waals surface area contributed by atoms with Gasteiger partial charge in [0.15, 0.2) is 11.6 Å². The van der Waals surface area contributed by atoms with E-state index in [-0.39, 0.29) is 36.0 Å². The van der Waals surface area contributed by atoms with Gasteiger partial charge in [-0.25, -0.2) is 0 Å². The summed E-state index contributed by atoms with van der Waals surface area (Å²) in [5, 5.41) is 30.8. The molecule has 3 aliphatic rings. The van der Waals surface area contributed by atoms with E-state index in [9.17, 15) is 34.5 Å². The molecule has 156 valence electrons. The van der Waals surface area contributed by atoms with Crippen LogP contribution >= 0.6 is 0 Å². The van der Waals surface area contributed by atoms with E-state index in [2.05, 4.69) is 0 Å². The zero-order valence-corrected chi connectivity index (χ0v) is 16.7. The van der Waals surface area contributed by atoms with Gasteiger partial charge in [0.1, 0.15) is 17.1 Å². The number of phenols is 1. The Morgan fingerprint density at radius 2 is 1.73 bits per heavy atom. The summed E-state index contributed by atoms with van der Waals surface area (Å²) >= 11 is 0. The number of nitrogens with zero attached hydrogens (tertiary/aromatic N) is 1. The molecule has 0 bridgehead atoms. The quantitative estimate of drug-likeness (QED) is 0.209. The summed E-state index contributed by atoms with van der Waals surface area (Å²) in [5.74, 6) is -7.32. The molecule has 0 saturated heterocycles. The Balaban J connectivity index is 1.93. The lowest BCUT2D eigenvalue weighted by atomic mass is 9.60. The van der Waals surface area contributed by atoms with Crippen LogP contribution in [0.3, 0.4) is 0 Å². The molecule has 0 amide bonds. The van der Waals surface area contributed by atoms with Crippen molar-refractivity contribution in [2.24, 2.45) is 17.8 Å². The first kappa shape index (κ1) is 19.9. The zero-order chi connectivity index (χ0) is 22.1. The Morgan fingerprint density at radius 1 is 1.07 bits per heavy atom. The third-order valence-corrected chi connectivity index (χ3v) is 6.38. The summed E-state index contributed by atoms with van der Waals surface area (Å²) in [6, 6.07) is 1.77. The average Bonchev–Trinajstić information content (AvgIpc) is 2.68. The molecule has 0 aliphatic heterocycles. The number of benzene rings is 1. The number of hydrogen-bond donors (Lipinski definition) is 3. The van der Waals surface area contributed by atoms with Crippen LogP contribution < -0.4 is 4.90 Å². The lowest BCUT2D eigenvalue weighted by Crippen LogP contribution is -2.52. The maximum absolute atomic E-state index is 13.3. The molecule has 0 spiro atoms. The fraction of sp³-hybridized carbons (Fsp3) is 0.364. The van der Waals surface area contributed by atoms with Crippen LogP contribution in [0.25, 0.3) is 5.76 Å². The third-order valence-electron chi connectivity index (χ3n) is 6.38. The van der Waals surface area contributed by atoms with Gasteiger partial charge >= 0.3 is 0 Å². The van der Waals surface area contributed by atoms with E-state index in [0.717, 1.165) is 5.69 Å². The van der Waals surface area contributed by atoms with Gasteiger partial charge in [-0.3, -0.25) is 19.2 Å². The average molecular weight is 411 g/mol. The molecule has 0 radical (unpaired) electrons. The standard InChI is InChI=1S/C22H21NO7/c1-8-4-13(23(2)3)10-5-9-6-11-16(18(26)12(7-24)20(28)19(11)27)22(30)14(9)21(29)15(10)17(8)25/h4,7,9,11,16,24-25,29H,5-6H2,1-3H3/b12-7+. The number of phenolic OH excluding ortho intramolecular Hbond substituents is 1. The second kappa shape index (κ2) is 6.55. The predicted octanol–water partition coefficient (Wildman–Crippen LogP) is 1.58. The molecular weight excluding hydrogens is 390 g/mol. The van der Waals surface area contributed by atoms with Gasteiger partial charge in [0.05, 0.1) is 17.7 Å². The number of fused-ring (bicyclic) bond motifs is 3. The van der Waals surface area contributed by atoms with E-state index in [1.807, 2.05) is 19.0 Å². The van der Waals surface area contributed by atoms with Crippen LogP contribution in [0.5, 0.6) is 5.75 Å². The van der Waals surface area contributed by atoms with E-state index < -0.39 is 52.2 Å². The van der Waals surface area contributed by atoms with Crippen LogP contribution in [0.2, 0.25) is 0 Å². The van der Waals surface area contributed by atoms with Gasteiger partial charge in [-0.05, 0) is 42.9 Å². The minimum atomic E-state index is -1.45. The molecule has 0 heterocycles. The van der Waals surface area contributed by atoms with Crippen LogP contribution in [0.4, 0.5) is 5.69 Å². The summed E-state index contributed by atoms with van der Waals surface area (Å²) in [5.41, 5.74) is 1.34. The van der Waals surface area contributed by atoms with Gasteiger partial charge in [0.25, 0.3) is 0 Å². The molecule has 8 heteroatoms. The van der Waals surface area contributed by atoms with Gasteiger partial charge in [-0.2, -0.15) is 0 Å². The Morgan fingerprint density at radius 3 is 2.33 bits per heavy atom. The molecule has 3 aliphatic carbocycles. The van der Waals surface area contributed by atoms with Crippen molar-refractivity contribution >= 4 is 34.6 Å². The van der Waals surface area contributed by atoms with Crippen molar-refractivity contribution in [3.05, 3.63) is 40.2 Å². The monoisotopic (exact) mass is 411 g/mol. The smallest absolute Gasteiger partial charge is 0.235 e. The number of aliphatic hydroxyl groups excluding tert-OH is 2. The summed E-state index contributed by atoms with van der Waals surface area (Å²) in [4.78, 5) is 52.5. The van der Waals surface area contributed by atoms with Crippen molar-refractivity contribution in [3.63, 3.8) is 0 Å². The van der Waals surface area contributed by atoms with Gasteiger partial charge in [-0.1, -0.05) is 0 Å². The molecule has 1 aromatic rings. The van der Waals surface area contributed by atoms with E-state index in [4.69, 9.17) is 0 Å². The summed E-state index contributed by atoms with van der Waals surface area (Å²) in [6.45, 7) is 1.68. The highest BCUT2D eigenvalue weighted by atomic mass is 16.3. The molecule has 3 unspecified atom stereocenters. The number of rotatable bonds is 1. The molecule has 8 nitrogen and oxygen atoms in total. The van der Waals surface area contributed by atoms with E-state index >= 15 is 0 Å². The highest BCUT2D eigenvalue weighted by Gasteiger charge is 2.56. The largest absolute Gasteiger partial charge is 0.515 e. The van der Waals surface area contributed by atoms with Crippen molar-refractivity contribution < 1.29 is 34.5 Å². The van der Waals surface area contributed by atoms with Crippen LogP contribution in [-0.2, 0) is 25.6 Å². The number of aliphatic hydroxyl groups is 2. The van der Waals surface area contributed by atoms with E-state index in [1.54, 1.807) is 13.0 Å². The fourth-order valence-corrected chi connectivity index (χ4v) is 4.94. The first-order chi connectivity index (χ1) is 14.1. The fourth-order valence-electron chi connectivity index (χ4n) is 4.94. The number of anilines is 1. The summed E-state index contributed by atoms with van der Waals surface area (Å²) in [6.07, 6.45) is 0.580. The minimum Gasteiger partial charge on any atom is -0.515 e. The SMILES string of the molecule is Cc1cc(N(C)C)c2c(c1O)C(O)=C1C(=O)C3C(=O)/C(=C\O)C(=O)C(=O)C3CC1C2. The Kier molecular flexibility index (Phi) is 4.34. The number of allylic oxidation sites excluding steroid dienone is 2.